The van der Waals surface area contributed by atoms with E-state index in [1.807, 2.05) is 0 Å². The molecule has 2 N–H and O–H groups in total. The third-order valence-corrected chi connectivity index (χ3v) is 5.06. The fraction of sp³-hybridized carbons (Fsp3) is 0.882. The van der Waals surface area contributed by atoms with Gasteiger partial charge in [0.2, 0.25) is 5.91 Å². The predicted molar refractivity (Wildman–Crippen MR) is 84.0 cm³/mol. The summed E-state index contributed by atoms with van der Waals surface area (Å²) in [4.78, 5) is 23.3. The van der Waals surface area contributed by atoms with Crippen LogP contribution < -0.4 is 5.32 Å². The lowest BCUT2D eigenvalue weighted by atomic mass is 9.69. The molecule has 0 aliphatic heterocycles. The van der Waals surface area contributed by atoms with Crippen LogP contribution in [0.4, 0.5) is 0 Å². The molecular weight excluding hydrogens is 266 g/mol. The van der Waals surface area contributed by atoms with Crippen molar-refractivity contribution in [3.63, 3.8) is 0 Å². The maximum absolute atomic E-state index is 12.2. The zero-order valence-corrected chi connectivity index (χ0v) is 14.0. The molecule has 0 bridgehead atoms. The highest BCUT2D eigenvalue weighted by atomic mass is 16.4. The van der Waals surface area contributed by atoms with E-state index in [0.717, 1.165) is 32.1 Å². The molecule has 1 aliphatic carbocycles. The zero-order chi connectivity index (χ0) is 16.1. The van der Waals surface area contributed by atoms with Crippen LogP contribution in [-0.4, -0.2) is 23.5 Å². The first-order valence-electron chi connectivity index (χ1n) is 8.13. The molecule has 4 heteroatoms. The highest BCUT2D eigenvalue weighted by Gasteiger charge is 2.36. The van der Waals surface area contributed by atoms with Crippen LogP contribution >= 0.6 is 0 Å². The molecule has 1 saturated carbocycles. The van der Waals surface area contributed by atoms with Crippen LogP contribution in [-0.2, 0) is 9.59 Å². The summed E-state index contributed by atoms with van der Waals surface area (Å²) in [6.45, 7) is 9.28. The highest BCUT2D eigenvalue weighted by molar-refractivity contribution is 5.78. The van der Waals surface area contributed by atoms with E-state index < -0.39 is 5.97 Å². The van der Waals surface area contributed by atoms with Crippen molar-refractivity contribution >= 4 is 11.9 Å². The Labute approximate surface area is 128 Å². The van der Waals surface area contributed by atoms with Crippen LogP contribution in [0, 0.1) is 16.7 Å². The van der Waals surface area contributed by atoms with Crippen molar-refractivity contribution < 1.29 is 14.7 Å². The lowest BCUT2D eigenvalue weighted by molar-refractivity contribution is -0.141. The Hall–Kier alpha value is -1.06. The van der Waals surface area contributed by atoms with Gasteiger partial charge in [-0.2, -0.15) is 0 Å². The largest absolute Gasteiger partial charge is 0.481 e. The third kappa shape index (κ3) is 6.06. The van der Waals surface area contributed by atoms with E-state index in [4.69, 9.17) is 5.11 Å². The normalized spacial score (nSPS) is 19.8. The molecule has 0 heterocycles. The molecule has 0 saturated heterocycles. The van der Waals surface area contributed by atoms with Crippen LogP contribution in [0.1, 0.15) is 72.6 Å². The number of hydrogen-bond acceptors (Lipinski definition) is 2. The fourth-order valence-corrected chi connectivity index (χ4v) is 3.01. The molecule has 1 rings (SSSR count). The molecule has 0 radical (unpaired) electrons. The first kappa shape index (κ1) is 18.0. The summed E-state index contributed by atoms with van der Waals surface area (Å²) in [5.41, 5.74) is -0.157. The maximum Gasteiger partial charge on any atom is 0.303 e. The van der Waals surface area contributed by atoms with E-state index in [2.05, 4.69) is 33.0 Å². The summed E-state index contributed by atoms with van der Waals surface area (Å²) in [5, 5.41) is 12.1. The smallest absolute Gasteiger partial charge is 0.303 e. The van der Waals surface area contributed by atoms with E-state index >= 15 is 0 Å². The molecule has 1 unspecified atom stereocenters. The second-order valence-corrected chi connectivity index (χ2v) is 7.88. The Morgan fingerprint density at radius 2 is 1.71 bits per heavy atom. The summed E-state index contributed by atoms with van der Waals surface area (Å²) >= 11 is 0. The topological polar surface area (TPSA) is 66.4 Å². The molecule has 4 nitrogen and oxygen atoms in total. The molecule has 0 aromatic carbocycles. The summed E-state index contributed by atoms with van der Waals surface area (Å²) in [6.07, 6.45) is 5.44. The van der Waals surface area contributed by atoms with Gasteiger partial charge in [0.15, 0.2) is 0 Å². The number of amides is 1. The lowest BCUT2D eigenvalue weighted by Gasteiger charge is -2.36. The van der Waals surface area contributed by atoms with Gasteiger partial charge in [-0.15, -0.1) is 0 Å². The molecule has 122 valence electrons. The quantitative estimate of drug-likeness (QED) is 0.787. The van der Waals surface area contributed by atoms with Crippen molar-refractivity contribution in [3.05, 3.63) is 0 Å². The van der Waals surface area contributed by atoms with Crippen LogP contribution in [0.2, 0.25) is 0 Å². The lowest BCUT2D eigenvalue weighted by Crippen LogP contribution is -2.38. The standard InChI is InChI=1S/C17H31NO3/c1-13(16(2,3)4)12-18-14(19)10-17(11-15(20)21)8-6-5-7-9-17/h13H,5-12H2,1-4H3,(H,18,19)(H,20,21). The average molecular weight is 297 g/mol. The molecular formula is C17H31NO3. The van der Waals surface area contributed by atoms with Crippen molar-refractivity contribution in [2.75, 3.05) is 6.54 Å². The minimum absolute atomic E-state index is 0.00856. The maximum atomic E-state index is 12.2. The van der Waals surface area contributed by atoms with Crippen LogP contribution in [0.25, 0.3) is 0 Å². The van der Waals surface area contributed by atoms with Crippen LogP contribution in [0.3, 0.4) is 0 Å². The van der Waals surface area contributed by atoms with Gasteiger partial charge in [0.05, 0.1) is 6.42 Å². The van der Waals surface area contributed by atoms with Gasteiger partial charge in [0.1, 0.15) is 0 Å². The molecule has 0 spiro atoms. The number of carboxylic acid groups (broad SMARTS) is 1. The van der Waals surface area contributed by atoms with E-state index in [9.17, 15) is 9.59 Å². The first-order valence-corrected chi connectivity index (χ1v) is 8.13. The Morgan fingerprint density at radius 1 is 1.14 bits per heavy atom. The minimum Gasteiger partial charge on any atom is -0.481 e. The molecule has 1 atom stereocenters. The van der Waals surface area contributed by atoms with Gasteiger partial charge >= 0.3 is 5.97 Å². The first-order chi connectivity index (χ1) is 9.65. The van der Waals surface area contributed by atoms with Gasteiger partial charge in [0.25, 0.3) is 0 Å². The number of nitrogens with one attached hydrogen (secondary N) is 1. The van der Waals surface area contributed by atoms with Crippen molar-refractivity contribution in [3.8, 4) is 0 Å². The Bertz CT molecular complexity index is 365. The SMILES string of the molecule is CC(CNC(=O)CC1(CC(=O)O)CCCCC1)C(C)(C)C. The Balaban J connectivity index is 2.54. The predicted octanol–water partition coefficient (Wildman–Crippen LogP) is 3.60. The number of hydrogen-bond donors (Lipinski definition) is 2. The van der Waals surface area contributed by atoms with Crippen LogP contribution in [0.15, 0.2) is 0 Å². The zero-order valence-electron chi connectivity index (χ0n) is 14.0. The fourth-order valence-electron chi connectivity index (χ4n) is 3.01. The molecule has 21 heavy (non-hydrogen) atoms. The van der Waals surface area contributed by atoms with Crippen molar-refractivity contribution in [1.29, 1.82) is 0 Å². The molecule has 0 aromatic rings. The minimum atomic E-state index is -0.784. The Morgan fingerprint density at radius 3 is 2.19 bits per heavy atom. The second kappa shape index (κ2) is 7.28. The molecule has 1 amide bonds. The monoisotopic (exact) mass is 297 g/mol. The van der Waals surface area contributed by atoms with Gasteiger partial charge in [-0.3, -0.25) is 9.59 Å². The van der Waals surface area contributed by atoms with Gasteiger partial charge < -0.3 is 10.4 Å². The van der Waals surface area contributed by atoms with Gasteiger partial charge in [-0.25, -0.2) is 0 Å². The van der Waals surface area contributed by atoms with E-state index in [-0.39, 0.29) is 23.2 Å². The van der Waals surface area contributed by atoms with Crippen molar-refractivity contribution in [1.82, 2.24) is 5.32 Å². The number of carbonyl (C=O) groups excluding carboxylic acids is 1. The van der Waals surface area contributed by atoms with Gasteiger partial charge in [-0.1, -0.05) is 47.0 Å². The van der Waals surface area contributed by atoms with Crippen molar-refractivity contribution in [2.45, 2.75) is 72.6 Å². The molecule has 0 aromatic heterocycles. The summed E-state index contributed by atoms with van der Waals surface area (Å²) in [7, 11) is 0. The van der Waals surface area contributed by atoms with Gasteiger partial charge in [-0.05, 0) is 29.6 Å². The van der Waals surface area contributed by atoms with Crippen LogP contribution in [0.5, 0.6) is 0 Å². The summed E-state index contributed by atoms with van der Waals surface area (Å²) < 4.78 is 0. The number of rotatable bonds is 6. The van der Waals surface area contributed by atoms with E-state index in [0.29, 0.717) is 18.9 Å². The average Bonchev–Trinajstić information content (AvgIpc) is 2.34. The van der Waals surface area contributed by atoms with E-state index in [1.54, 1.807) is 0 Å². The highest BCUT2D eigenvalue weighted by Crippen LogP contribution is 2.42. The number of aliphatic carboxylic acids is 1. The summed E-state index contributed by atoms with van der Waals surface area (Å²) in [6, 6.07) is 0. The molecule has 1 fully saturated rings. The number of carboxylic acids is 1. The van der Waals surface area contributed by atoms with E-state index in [1.165, 1.54) is 0 Å². The van der Waals surface area contributed by atoms with Gasteiger partial charge in [0, 0.05) is 13.0 Å². The molecule has 1 aliphatic rings. The second-order valence-electron chi connectivity index (χ2n) is 7.88. The summed E-state index contributed by atoms with van der Waals surface area (Å²) in [5.74, 6) is -0.384. The van der Waals surface area contributed by atoms with Crippen molar-refractivity contribution in [2.24, 2.45) is 16.7 Å². The Kier molecular flexibility index (Phi) is 6.24. The number of carbonyl (C=O) groups is 2. The third-order valence-electron chi connectivity index (χ3n) is 5.06.